The molecule has 7 heteroatoms. The molecule has 4 aromatic rings. The number of hydrogen-bond acceptors (Lipinski definition) is 3. The second-order valence-electron chi connectivity index (χ2n) is 6.67. The van der Waals surface area contributed by atoms with Crippen molar-refractivity contribution in [3.63, 3.8) is 0 Å². The average Bonchev–Trinajstić information content (AvgIpc) is 3.08. The van der Waals surface area contributed by atoms with Gasteiger partial charge in [0.05, 0.1) is 26.2 Å². The highest BCUT2D eigenvalue weighted by Gasteiger charge is 2.16. The number of benzene rings is 3. The summed E-state index contributed by atoms with van der Waals surface area (Å²) in [6.07, 6.45) is 0. The molecule has 0 fully saturated rings. The maximum absolute atomic E-state index is 12.6. The Morgan fingerprint density at radius 2 is 1.72 bits per heavy atom. The van der Waals surface area contributed by atoms with Crippen molar-refractivity contribution < 1.29 is 9.21 Å². The molecule has 4 rings (SSSR count). The van der Waals surface area contributed by atoms with Crippen molar-refractivity contribution in [3.05, 3.63) is 80.3 Å². The van der Waals surface area contributed by atoms with Crippen LogP contribution in [0.2, 0.25) is 15.1 Å². The summed E-state index contributed by atoms with van der Waals surface area (Å²) < 4.78 is 5.90. The number of oxazole rings is 1. The fraction of sp³-hybridized carbons (Fsp3) is 0.0909. The van der Waals surface area contributed by atoms with Gasteiger partial charge in [0.25, 0.3) is 5.91 Å². The molecule has 0 aliphatic rings. The predicted molar refractivity (Wildman–Crippen MR) is 118 cm³/mol. The predicted octanol–water partition coefficient (Wildman–Crippen LogP) is 7.32. The monoisotopic (exact) mass is 444 g/mol. The van der Waals surface area contributed by atoms with Gasteiger partial charge < -0.3 is 9.73 Å². The van der Waals surface area contributed by atoms with Crippen molar-refractivity contribution in [2.75, 3.05) is 5.32 Å². The van der Waals surface area contributed by atoms with Crippen LogP contribution in [0.1, 0.15) is 21.5 Å². The third-order valence-corrected chi connectivity index (χ3v) is 5.80. The van der Waals surface area contributed by atoms with Crippen molar-refractivity contribution in [3.8, 4) is 11.5 Å². The van der Waals surface area contributed by atoms with E-state index in [9.17, 15) is 4.79 Å². The number of carbonyl (C=O) groups is 1. The van der Waals surface area contributed by atoms with Gasteiger partial charge in [0.15, 0.2) is 5.58 Å². The van der Waals surface area contributed by atoms with Crippen molar-refractivity contribution in [1.82, 2.24) is 4.98 Å². The number of aromatic nitrogens is 1. The van der Waals surface area contributed by atoms with E-state index in [-0.39, 0.29) is 16.5 Å². The van der Waals surface area contributed by atoms with E-state index < -0.39 is 0 Å². The molecule has 146 valence electrons. The molecule has 0 aliphatic carbocycles. The summed E-state index contributed by atoms with van der Waals surface area (Å²) in [6.45, 7) is 4.04. The molecule has 0 aliphatic heterocycles. The molecule has 0 unspecified atom stereocenters. The maximum Gasteiger partial charge on any atom is 0.257 e. The van der Waals surface area contributed by atoms with Crippen molar-refractivity contribution in [2.24, 2.45) is 0 Å². The van der Waals surface area contributed by atoms with Crippen LogP contribution < -0.4 is 5.32 Å². The van der Waals surface area contributed by atoms with Crippen molar-refractivity contribution in [1.29, 1.82) is 0 Å². The highest BCUT2D eigenvalue weighted by molar-refractivity contribution is 6.44. The van der Waals surface area contributed by atoms with E-state index in [4.69, 9.17) is 39.2 Å². The first-order chi connectivity index (χ1) is 13.8. The number of rotatable bonds is 3. The fourth-order valence-electron chi connectivity index (χ4n) is 2.94. The number of nitrogens with zero attached hydrogens (tertiary/aromatic N) is 1. The van der Waals surface area contributed by atoms with Crippen LogP contribution in [0.4, 0.5) is 5.69 Å². The van der Waals surface area contributed by atoms with E-state index >= 15 is 0 Å². The summed E-state index contributed by atoms with van der Waals surface area (Å²) in [5.74, 6) is 0.00136. The normalized spacial score (nSPS) is 11.1. The number of hydrogen-bond donors (Lipinski definition) is 1. The van der Waals surface area contributed by atoms with Crippen LogP contribution in [0.25, 0.3) is 22.6 Å². The first-order valence-electron chi connectivity index (χ1n) is 8.76. The Hall–Kier alpha value is -2.53. The van der Waals surface area contributed by atoms with Crippen molar-refractivity contribution in [2.45, 2.75) is 13.8 Å². The van der Waals surface area contributed by atoms with E-state index in [1.165, 1.54) is 0 Å². The molecule has 0 bridgehead atoms. The van der Waals surface area contributed by atoms with Gasteiger partial charge in [-0.15, -0.1) is 0 Å². The number of aryl methyl sites for hydroxylation is 2. The molecule has 0 atom stereocenters. The van der Waals surface area contributed by atoms with Crippen LogP contribution >= 0.6 is 34.8 Å². The summed E-state index contributed by atoms with van der Waals surface area (Å²) in [5.41, 5.74) is 5.06. The van der Waals surface area contributed by atoms with E-state index in [1.54, 1.807) is 36.4 Å². The minimum absolute atomic E-state index is 0.200. The number of fused-ring (bicyclic) bond motifs is 1. The summed E-state index contributed by atoms with van der Waals surface area (Å²) in [5, 5.41) is 3.78. The largest absolute Gasteiger partial charge is 0.436 e. The Labute approximate surface area is 182 Å². The molecule has 4 nitrogen and oxygen atoms in total. The molecule has 0 saturated carbocycles. The van der Waals surface area contributed by atoms with Gasteiger partial charge in [-0.3, -0.25) is 4.79 Å². The topological polar surface area (TPSA) is 55.1 Å². The molecule has 29 heavy (non-hydrogen) atoms. The Balaban J connectivity index is 1.69. The van der Waals surface area contributed by atoms with Gasteiger partial charge in [-0.1, -0.05) is 40.9 Å². The van der Waals surface area contributed by atoms with Gasteiger partial charge in [-0.25, -0.2) is 4.98 Å². The number of amides is 1. The zero-order chi connectivity index (χ0) is 20.7. The third kappa shape index (κ3) is 3.84. The van der Waals surface area contributed by atoms with Gasteiger partial charge >= 0.3 is 0 Å². The fourth-order valence-corrected chi connectivity index (χ4v) is 3.52. The van der Waals surface area contributed by atoms with Gasteiger partial charge in [0, 0.05) is 5.69 Å². The number of anilines is 1. The molecular formula is C22H15Cl3N2O2. The lowest BCUT2D eigenvalue weighted by Gasteiger charge is -2.09. The van der Waals surface area contributed by atoms with Crippen LogP contribution in [-0.2, 0) is 0 Å². The first-order valence-corrected chi connectivity index (χ1v) is 9.90. The Bertz CT molecular complexity index is 1230. The summed E-state index contributed by atoms with van der Waals surface area (Å²) in [7, 11) is 0. The molecule has 1 amide bonds. The number of halogens is 3. The minimum Gasteiger partial charge on any atom is -0.436 e. The van der Waals surface area contributed by atoms with Gasteiger partial charge in [-0.05, 0) is 67.4 Å². The van der Waals surface area contributed by atoms with Gasteiger partial charge in [-0.2, -0.15) is 0 Å². The molecular weight excluding hydrogens is 431 g/mol. The van der Waals surface area contributed by atoms with Crippen LogP contribution in [0, 0.1) is 13.8 Å². The molecule has 3 aromatic carbocycles. The molecule has 1 N–H and O–H groups in total. The third-order valence-electron chi connectivity index (χ3n) is 4.65. The first kappa shape index (κ1) is 19.8. The molecule has 0 radical (unpaired) electrons. The molecule has 0 saturated heterocycles. The lowest BCUT2D eigenvalue weighted by atomic mass is 10.1. The van der Waals surface area contributed by atoms with E-state index in [2.05, 4.69) is 10.3 Å². The zero-order valence-electron chi connectivity index (χ0n) is 15.5. The van der Waals surface area contributed by atoms with Gasteiger partial charge in [0.2, 0.25) is 5.89 Å². The van der Waals surface area contributed by atoms with Crippen LogP contribution in [0.15, 0.2) is 52.9 Å². The summed E-state index contributed by atoms with van der Waals surface area (Å²) in [4.78, 5) is 17.2. The smallest absolute Gasteiger partial charge is 0.257 e. The highest BCUT2D eigenvalue weighted by Crippen LogP contribution is 2.33. The van der Waals surface area contributed by atoms with Crippen LogP contribution in [-0.4, -0.2) is 10.9 Å². The highest BCUT2D eigenvalue weighted by atomic mass is 35.5. The quantitative estimate of drug-likeness (QED) is 0.359. The molecule has 1 aromatic heterocycles. The lowest BCUT2D eigenvalue weighted by molar-refractivity contribution is 0.102. The Morgan fingerprint density at radius 3 is 2.52 bits per heavy atom. The Morgan fingerprint density at radius 1 is 0.966 bits per heavy atom. The molecule has 1 heterocycles. The Kier molecular flexibility index (Phi) is 5.26. The summed E-state index contributed by atoms with van der Waals surface area (Å²) in [6, 6.07) is 13.9. The second-order valence-corrected chi connectivity index (χ2v) is 7.87. The van der Waals surface area contributed by atoms with Crippen molar-refractivity contribution >= 4 is 57.5 Å². The standard InChI is InChI=1S/C22H15Cl3N2O2/c1-11-8-18-19(9-12(11)2)29-22(27-18)15-10-13(6-7-16(15)23)26-21(28)14-4-3-5-17(24)20(14)25/h3-10H,1-2H3,(H,26,28). The van der Waals surface area contributed by atoms with Crippen LogP contribution in [0.5, 0.6) is 0 Å². The minimum atomic E-state index is -0.380. The maximum atomic E-state index is 12.6. The molecule has 0 spiro atoms. The second kappa shape index (κ2) is 7.71. The zero-order valence-corrected chi connectivity index (χ0v) is 17.8. The SMILES string of the molecule is Cc1cc2nc(-c3cc(NC(=O)c4cccc(Cl)c4Cl)ccc3Cl)oc2cc1C. The average molecular weight is 446 g/mol. The van der Waals surface area contributed by atoms with Gasteiger partial charge in [0.1, 0.15) is 5.52 Å². The number of nitrogens with one attached hydrogen (secondary N) is 1. The summed E-state index contributed by atoms with van der Waals surface area (Å²) >= 11 is 18.5. The van der Waals surface area contributed by atoms with Crippen LogP contribution in [0.3, 0.4) is 0 Å². The lowest BCUT2D eigenvalue weighted by Crippen LogP contribution is -2.12. The van der Waals surface area contributed by atoms with E-state index in [0.29, 0.717) is 32.8 Å². The number of carbonyl (C=O) groups excluding carboxylic acids is 1. The van der Waals surface area contributed by atoms with E-state index in [1.807, 2.05) is 26.0 Å². The van der Waals surface area contributed by atoms with E-state index in [0.717, 1.165) is 16.6 Å².